The standard InChI is InChI=1S/C10H13N3O2/c14-13(15)10-4-2-1-3-9(10)12-8-5-6-11-7-8/h1-4,8,11-12H,5-7H2. The molecule has 1 saturated heterocycles. The van der Waals surface area contributed by atoms with Crippen molar-refractivity contribution in [3.8, 4) is 0 Å². The number of nitrogens with zero attached hydrogens (tertiary/aromatic N) is 1. The van der Waals surface area contributed by atoms with Crippen LogP contribution in [0.4, 0.5) is 11.4 Å². The fourth-order valence-electron chi connectivity index (χ4n) is 1.75. The summed E-state index contributed by atoms with van der Waals surface area (Å²) in [6.45, 7) is 1.84. The van der Waals surface area contributed by atoms with E-state index in [0.29, 0.717) is 11.7 Å². The van der Waals surface area contributed by atoms with Crippen molar-refractivity contribution in [2.24, 2.45) is 0 Å². The minimum absolute atomic E-state index is 0.143. The van der Waals surface area contributed by atoms with E-state index in [2.05, 4.69) is 10.6 Å². The second-order valence-corrected chi connectivity index (χ2v) is 3.61. The summed E-state index contributed by atoms with van der Waals surface area (Å²) >= 11 is 0. The Balaban J connectivity index is 2.15. The number of anilines is 1. The molecule has 1 heterocycles. The van der Waals surface area contributed by atoms with Crippen molar-refractivity contribution in [3.63, 3.8) is 0 Å². The summed E-state index contributed by atoms with van der Waals surface area (Å²) in [5.74, 6) is 0. The molecule has 1 aromatic rings. The van der Waals surface area contributed by atoms with Gasteiger partial charge in [-0.2, -0.15) is 0 Å². The van der Waals surface area contributed by atoms with E-state index in [-0.39, 0.29) is 10.6 Å². The molecule has 0 bridgehead atoms. The third kappa shape index (κ3) is 2.24. The third-order valence-corrected chi connectivity index (χ3v) is 2.52. The van der Waals surface area contributed by atoms with Gasteiger partial charge in [-0.1, -0.05) is 12.1 Å². The van der Waals surface area contributed by atoms with Gasteiger partial charge in [0.05, 0.1) is 4.92 Å². The SMILES string of the molecule is O=[N+]([O-])c1ccccc1NC1CCNC1. The maximum atomic E-state index is 10.7. The average Bonchev–Trinajstić information content (AvgIpc) is 2.71. The van der Waals surface area contributed by atoms with Crippen LogP contribution in [0.2, 0.25) is 0 Å². The quantitative estimate of drug-likeness (QED) is 0.580. The third-order valence-electron chi connectivity index (χ3n) is 2.52. The Morgan fingerprint density at radius 2 is 2.27 bits per heavy atom. The lowest BCUT2D eigenvalue weighted by Crippen LogP contribution is -2.22. The summed E-state index contributed by atoms with van der Waals surface area (Å²) in [7, 11) is 0. The fraction of sp³-hybridized carbons (Fsp3) is 0.400. The van der Waals surface area contributed by atoms with E-state index in [4.69, 9.17) is 0 Å². The summed E-state index contributed by atoms with van der Waals surface area (Å²) in [4.78, 5) is 10.4. The minimum Gasteiger partial charge on any atom is -0.375 e. The number of benzene rings is 1. The second-order valence-electron chi connectivity index (χ2n) is 3.61. The number of hydrogen-bond donors (Lipinski definition) is 2. The summed E-state index contributed by atoms with van der Waals surface area (Å²) in [5, 5.41) is 17.1. The molecule has 0 aromatic heterocycles. The van der Waals surface area contributed by atoms with Crippen molar-refractivity contribution in [3.05, 3.63) is 34.4 Å². The molecule has 5 nitrogen and oxygen atoms in total. The molecule has 0 amide bonds. The van der Waals surface area contributed by atoms with Crippen LogP contribution in [0.3, 0.4) is 0 Å². The minimum atomic E-state index is -0.356. The van der Waals surface area contributed by atoms with Crippen molar-refractivity contribution in [2.75, 3.05) is 18.4 Å². The van der Waals surface area contributed by atoms with Crippen molar-refractivity contribution in [2.45, 2.75) is 12.5 Å². The van der Waals surface area contributed by atoms with Crippen LogP contribution >= 0.6 is 0 Å². The largest absolute Gasteiger partial charge is 0.375 e. The molecule has 5 heteroatoms. The smallest absolute Gasteiger partial charge is 0.292 e. The Morgan fingerprint density at radius 3 is 2.93 bits per heavy atom. The number of nitro groups is 1. The highest BCUT2D eigenvalue weighted by Gasteiger charge is 2.18. The Morgan fingerprint density at radius 1 is 1.47 bits per heavy atom. The molecule has 1 aliphatic heterocycles. The average molecular weight is 207 g/mol. The first-order chi connectivity index (χ1) is 7.27. The zero-order valence-corrected chi connectivity index (χ0v) is 8.27. The zero-order chi connectivity index (χ0) is 10.7. The van der Waals surface area contributed by atoms with Crippen LogP contribution in [0.5, 0.6) is 0 Å². The number of nitro benzene ring substituents is 1. The topological polar surface area (TPSA) is 67.2 Å². The molecule has 1 aliphatic rings. The highest BCUT2D eigenvalue weighted by Crippen LogP contribution is 2.24. The lowest BCUT2D eigenvalue weighted by atomic mass is 10.2. The number of rotatable bonds is 3. The molecule has 0 aliphatic carbocycles. The van der Waals surface area contributed by atoms with Gasteiger partial charge >= 0.3 is 0 Å². The van der Waals surface area contributed by atoms with E-state index in [0.717, 1.165) is 19.5 Å². The molecule has 2 N–H and O–H groups in total. The summed E-state index contributed by atoms with van der Waals surface area (Å²) in [6, 6.07) is 7.04. The first kappa shape index (κ1) is 9.92. The summed E-state index contributed by atoms with van der Waals surface area (Å²) in [5.41, 5.74) is 0.751. The number of hydrogen-bond acceptors (Lipinski definition) is 4. The predicted molar refractivity (Wildman–Crippen MR) is 58.0 cm³/mol. The van der Waals surface area contributed by atoms with Crippen LogP contribution in [-0.2, 0) is 0 Å². The van der Waals surface area contributed by atoms with E-state index >= 15 is 0 Å². The fourth-order valence-corrected chi connectivity index (χ4v) is 1.75. The van der Waals surface area contributed by atoms with E-state index in [9.17, 15) is 10.1 Å². The van der Waals surface area contributed by atoms with Gasteiger partial charge in [0, 0.05) is 18.7 Å². The molecule has 1 atom stereocenters. The summed E-state index contributed by atoms with van der Waals surface area (Å²) in [6.07, 6.45) is 1.01. The van der Waals surface area contributed by atoms with Crippen molar-refractivity contribution >= 4 is 11.4 Å². The van der Waals surface area contributed by atoms with Crippen LogP contribution < -0.4 is 10.6 Å². The van der Waals surface area contributed by atoms with Crippen molar-refractivity contribution in [1.29, 1.82) is 0 Å². The van der Waals surface area contributed by atoms with Gasteiger partial charge in [0.15, 0.2) is 0 Å². The normalized spacial score (nSPS) is 20.1. The van der Waals surface area contributed by atoms with E-state index in [1.54, 1.807) is 18.2 Å². The summed E-state index contributed by atoms with van der Waals surface area (Å²) < 4.78 is 0. The molecule has 0 saturated carbocycles. The molecule has 0 spiro atoms. The van der Waals surface area contributed by atoms with Gasteiger partial charge in [-0.15, -0.1) is 0 Å². The maximum Gasteiger partial charge on any atom is 0.292 e. The van der Waals surface area contributed by atoms with E-state index in [1.807, 2.05) is 0 Å². The number of nitrogens with one attached hydrogen (secondary N) is 2. The molecule has 1 fully saturated rings. The van der Waals surface area contributed by atoms with Gasteiger partial charge in [0.2, 0.25) is 0 Å². The lowest BCUT2D eigenvalue weighted by Gasteiger charge is -2.12. The van der Waals surface area contributed by atoms with Gasteiger partial charge in [0.25, 0.3) is 5.69 Å². The van der Waals surface area contributed by atoms with E-state index < -0.39 is 0 Å². The molecular weight excluding hydrogens is 194 g/mol. The molecule has 2 rings (SSSR count). The van der Waals surface area contributed by atoms with E-state index in [1.165, 1.54) is 6.07 Å². The van der Waals surface area contributed by atoms with Crippen LogP contribution in [0.25, 0.3) is 0 Å². The van der Waals surface area contributed by atoms with Gasteiger partial charge in [-0.3, -0.25) is 10.1 Å². The first-order valence-electron chi connectivity index (χ1n) is 4.98. The van der Waals surface area contributed by atoms with Crippen molar-refractivity contribution < 1.29 is 4.92 Å². The lowest BCUT2D eigenvalue weighted by molar-refractivity contribution is -0.384. The molecule has 80 valence electrons. The molecular formula is C10H13N3O2. The Labute approximate surface area is 87.6 Å². The highest BCUT2D eigenvalue weighted by molar-refractivity contribution is 5.61. The zero-order valence-electron chi connectivity index (χ0n) is 8.27. The second kappa shape index (κ2) is 4.27. The molecule has 1 unspecified atom stereocenters. The predicted octanol–water partition coefficient (Wildman–Crippen LogP) is 1.37. The maximum absolute atomic E-state index is 10.7. The molecule has 15 heavy (non-hydrogen) atoms. The van der Waals surface area contributed by atoms with Crippen LogP contribution in [-0.4, -0.2) is 24.1 Å². The molecule has 1 aromatic carbocycles. The van der Waals surface area contributed by atoms with Gasteiger partial charge < -0.3 is 10.6 Å². The van der Waals surface area contributed by atoms with Crippen LogP contribution in [0.15, 0.2) is 24.3 Å². The Bertz CT molecular complexity index is 361. The van der Waals surface area contributed by atoms with Gasteiger partial charge in [-0.05, 0) is 19.0 Å². The Hall–Kier alpha value is -1.62. The number of para-hydroxylation sites is 2. The Kier molecular flexibility index (Phi) is 2.82. The monoisotopic (exact) mass is 207 g/mol. The highest BCUT2D eigenvalue weighted by atomic mass is 16.6. The van der Waals surface area contributed by atoms with Gasteiger partial charge in [0.1, 0.15) is 5.69 Å². The van der Waals surface area contributed by atoms with Crippen LogP contribution in [0, 0.1) is 10.1 Å². The first-order valence-corrected chi connectivity index (χ1v) is 4.98. The van der Waals surface area contributed by atoms with Gasteiger partial charge in [-0.25, -0.2) is 0 Å². The molecule has 0 radical (unpaired) electrons. The van der Waals surface area contributed by atoms with Crippen LogP contribution in [0.1, 0.15) is 6.42 Å². The van der Waals surface area contributed by atoms with Crippen molar-refractivity contribution in [1.82, 2.24) is 5.32 Å².